The van der Waals surface area contributed by atoms with Gasteiger partial charge in [0.15, 0.2) is 0 Å². The molecule has 148 valence electrons. The van der Waals surface area contributed by atoms with Crippen molar-refractivity contribution in [2.24, 2.45) is 5.92 Å². The number of hydrogen-bond acceptors (Lipinski definition) is 4. The molecule has 0 bridgehead atoms. The second-order valence-corrected chi connectivity index (χ2v) is 7.77. The number of piperazine rings is 1. The molecule has 1 unspecified atom stereocenters. The third-order valence-corrected chi connectivity index (χ3v) is 5.58. The predicted octanol–water partition coefficient (Wildman–Crippen LogP) is 1.60. The SMILES string of the molecule is O=C(NCCCN1CCNCC1)C1CCCN(C(=O)c2ccc(Cl)cc2)C1. The highest BCUT2D eigenvalue weighted by atomic mass is 35.5. The Hall–Kier alpha value is -1.63. The Morgan fingerprint density at radius 1 is 1.15 bits per heavy atom. The summed E-state index contributed by atoms with van der Waals surface area (Å²) in [4.78, 5) is 29.4. The number of benzene rings is 1. The topological polar surface area (TPSA) is 64.7 Å². The van der Waals surface area contributed by atoms with Gasteiger partial charge in [0.05, 0.1) is 5.92 Å². The molecule has 27 heavy (non-hydrogen) atoms. The summed E-state index contributed by atoms with van der Waals surface area (Å²) >= 11 is 5.89. The lowest BCUT2D eigenvalue weighted by Gasteiger charge is -2.32. The maximum absolute atomic E-state index is 12.7. The van der Waals surface area contributed by atoms with Crippen LogP contribution in [0.5, 0.6) is 0 Å². The smallest absolute Gasteiger partial charge is 0.253 e. The van der Waals surface area contributed by atoms with Crippen molar-refractivity contribution in [1.29, 1.82) is 0 Å². The van der Waals surface area contributed by atoms with Crippen molar-refractivity contribution in [1.82, 2.24) is 20.4 Å². The van der Waals surface area contributed by atoms with Crippen LogP contribution in [-0.2, 0) is 4.79 Å². The van der Waals surface area contributed by atoms with Crippen molar-refractivity contribution in [2.75, 3.05) is 52.4 Å². The van der Waals surface area contributed by atoms with Crippen LogP contribution in [-0.4, -0.2) is 74.0 Å². The lowest BCUT2D eigenvalue weighted by Crippen LogP contribution is -2.46. The molecule has 2 amide bonds. The molecule has 1 atom stereocenters. The fourth-order valence-electron chi connectivity index (χ4n) is 3.74. The van der Waals surface area contributed by atoms with E-state index in [2.05, 4.69) is 15.5 Å². The highest BCUT2D eigenvalue weighted by molar-refractivity contribution is 6.30. The van der Waals surface area contributed by atoms with E-state index < -0.39 is 0 Å². The van der Waals surface area contributed by atoms with Crippen LogP contribution in [0.2, 0.25) is 5.02 Å². The summed E-state index contributed by atoms with van der Waals surface area (Å²) < 4.78 is 0. The largest absolute Gasteiger partial charge is 0.356 e. The Labute approximate surface area is 166 Å². The van der Waals surface area contributed by atoms with E-state index in [0.29, 0.717) is 30.2 Å². The summed E-state index contributed by atoms with van der Waals surface area (Å²) in [6.07, 6.45) is 2.66. The molecule has 1 aromatic carbocycles. The molecule has 2 aliphatic rings. The first-order valence-corrected chi connectivity index (χ1v) is 10.3. The van der Waals surface area contributed by atoms with Crippen LogP contribution >= 0.6 is 11.6 Å². The van der Waals surface area contributed by atoms with Gasteiger partial charge in [-0.1, -0.05) is 11.6 Å². The maximum atomic E-state index is 12.7. The van der Waals surface area contributed by atoms with E-state index in [-0.39, 0.29) is 17.7 Å². The van der Waals surface area contributed by atoms with Crippen LogP contribution in [0.25, 0.3) is 0 Å². The predicted molar refractivity (Wildman–Crippen MR) is 107 cm³/mol. The fourth-order valence-corrected chi connectivity index (χ4v) is 3.87. The minimum Gasteiger partial charge on any atom is -0.356 e. The standard InChI is InChI=1S/C20H29ClN4O2/c21-18-6-4-16(5-7-18)20(27)25-12-1-3-17(15-25)19(26)23-8-2-11-24-13-9-22-10-14-24/h4-7,17,22H,1-3,8-15H2,(H,23,26). The minimum atomic E-state index is -0.116. The molecule has 2 aliphatic heterocycles. The molecule has 3 rings (SSSR count). The molecule has 0 saturated carbocycles. The summed E-state index contributed by atoms with van der Waals surface area (Å²) in [6.45, 7) is 7.17. The second-order valence-electron chi connectivity index (χ2n) is 7.33. The van der Waals surface area contributed by atoms with Gasteiger partial charge in [0.25, 0.3) is 5.91 Å². The number of carbonyl (C=O) groups excluding carboxylic acids is 2. The molecule has 6 nitrogen and oxygen atoms in total. The van der Waals surface area contributed by atoms with Crippen molar-refractivity contribution in [3.05, 3.63) is 34.9 Å². The van der Waals surface area contributed by atoms with E-state index in [0.717, 1.165) is 52.0 Å². The molecular formula is C20H29ClN4O2. The summed E-state index contributed by atoms with van der Waals surface area (Å²) in [5.41, 5.74) is 0.622. The Bertz CT molecular complexity index is 631. The Morgan fingerprint density at radius 2 is 1.89 bits per heavy atom. The zero-order valence-electron chi connectivity index (χ0n) is 15.8. The van der Waals surface area contributed by atoms with Crippen LogP contribution < -0.4 is 10.6 Å². The van der Waals surface area contributed by atoms with Gasteiger partial charge in [-0.25, -0.2) is 0 Å². The second kappa shape index (κ2) is 10.1. The first-order valence-electron chi connectivity index (χ1n) is 9.89. The third-order valence-electron chi connectivity index (χ3n) is 5.33. The minimum absolute atomic E-state index is 0.0251. The number of nitrogens with zero attached hydrogens (tertiary/aromatic N) is 2. The van der Waals surface area contributed by atoms with Gasteiger partial charge < -0.3 is 20.4 Å². The summed E-state index contributed by atoms with van der Waals surface area (Å²) in [5, 5.41) is 7.02. The van der Waals surface area contributed by atoms with Gasteiger partial charge in [0.1, 0.15) is 0 Å². The van der Waals surface area contributed by atoms with E-state index in [1.165, 1.54) is 0 Å². The molecule has 0 spiro atoms. The van der Waals surface area contributed by atoms with Gasteiger partial charge in [0, 0.05) is 56.4 Å². The first kappa shape index (κ1) is 20.1. The maximum Gasteiger partial charge on any atom is 0.253 e. The number of piperidine rings is 1. The third kappa shape index (κ3) is 5.92. The van der Waals surface area contributed by atoms with Gasteiger partial charge in [-0.2, -0.15) is 0 Å². The molecule has 0 aliphatic carbocycles. The molecule has 0 radical (unpaired) electrons. The highest BCUT2D eigenvalue weighted by Gasteiger charge is 2.28. The number of halogens is 1. The molecular weight excluding hydrogens is 364 g/mol. The van der Waals surface area contributed by atoms with E-state index in [1.54, 1.807) is 29.2 Å². The summed E-state index contributed by atoms with van der Waals surface area (Å²) in [7, 11) is 0. The fraction of sp³-hybridized carbons (Fsp3) is 0.600. The summed E-state index contributed by atoms with van der Waals surface area (Å²) in [5.74, 6) is -0.0685. The average molecular weight is 393 g/mol. The van der Waals surface area contributed by atoms with E-state index in [4.69, 9.17) is 11.6 Å². The molecule has 1 aromatic rings. The number of likely N-dealkylation sites (tertiary alicyclic amines) is 1. The number of rotatable bonds is 6. The number of nitrogens with one attached hydrogen (secondary N) is 2. The number of hydrogen-bond donors (Lipinski definition) is 2. The Balaban J connectivity index is 1.42. The monoisotopic (exact) mass is 392 g/mol. The molecule has 2 N–H and O–H groups in total. The van der Waals surface area contributed by atoms with Gasteiger partial charge in [-0.05, 0) is 50.1 Å². The Kier molecular flexibility index (Phi) is 7.50. The van der Waals surface area contributed by atoms with Crippen LogP contribution in [0.3, 0.4) is 0 Å². The van der Waals surface area contributed by atoms with Crippen molar-refractivity contribution in [2.45, 2.75) is 19.3 Å². The molecule has 2 fully saturated rings. The zero-order chi connectivity index (χ0) is 19.1. The molecule has 7 heteroatoms. The van der Waals surface area contributed by atoms with Crippen LogP contribution in [0, 0.1) is 5.92 Å². The first-order chi connectivity index (χ1) is 13.1. The van der Waals surface area contributed by atoms with Gasteiger partial charge >= 0.3 is 0 Å². The zero-order valence-corrected chi connectivity index (χ0v) is 16.5. The van der Waals surface area contributed by atoms with Crippen molar-refractivity contribution >= 4 is 23.4 Å². The van der Waals surface area contributed by atoms with Gasteiger partial charge in [0.2, 0.25) is 5.91 Å². The lowest BCUT2D eigenvalue weighted by molar-refractivity contribution is -0.126. The van der Waals surface area contributed by atoms with E-state index in [9.17, 15) is 9.59 Å². The lowest BCUT2D eigenvalue weighted by atomic mass is 9.96. The van der Waals surface area contributed by atoms with Crippen molar-refractivity contribution < 1.29 is 9.59 Å². The molecule has 2 saturated heterocycles. The highest BCUT2D eigenvalue weighted by Crippen LogP contribution is 2.20. The van der Waals surface area contributed by atoms with Gasteiger partial charge in [-0.15, -0.1) is 0 Å². The van der Waals surface area contributed by atoms with Crippen LogP contribution in [0.15, 0.2) is 24.3 Å². The normalized spacial score (nSPS) is 21.1. The van der Waals surface area contributed by atoms with Gasteiger partial charge in [-0.3, -0.25) is 9.59 Å². The van der Waals surface area contributed by atoms with Crippen LogP contribution in [0.1, 0.15) is 29.6 Å². The number of carbonyl (C=O) groups is 2. The molecule has 0 aromatic heterocycles. The van der Waals surface area contributed by atoms with E-state index in [1.807, 2.05) is 0 Å². The van der Waals surface area contributed by atoms with E-state index >= 15 is 0 Å². The summed E-state index contributed by atoms with van der Waals surface area (Å²) in [6, 6.07) is 6.93. The van der Waals surface area contributed by atoms with Crippen molar-refractivity contribution in [3.63, 3.8) is 0 Å². The number of amides is 2. The molecule has 2 heterocycles. The Morgan fingerprint density at radius 3 is 2.63 bits per heavy atom. The quantitative estimate of drug-likeness (QED) is 0.722. The average Bonchev–Trinajstić information content (AvgIpc) is 2.72. The van der Waals surface area contributed by atoms with Crippen molar-refractivity contribution in [3.8, 4) is 0 Å². The van der Waals surface area contributed by atoms with Crippen LogP contribution in [0.4, 0.5) is 0 Å².